The van der Waals surface area contributed by atoms with Gasteiger partial charge in [0.05, 0.1) is 0 Å². The highest BCUT2D eigenvalue weighted by atomic mass is 16.1. The summed E-state index contributed by atoms with van der Waals surface area (Å²) in [4.78, 5) is 30.7. The molecular weight excluding hydrogens is 314 g/mol. The first-order valence-corrected chi connectivity index (χ1v) is 8.02. The Morgan fingerprint density at radius 3 is 2.56 bits per heavy atom. The maximum absolute atomic E-state index is 12.4. The van der Waals surface area contributed by atoms with Gasteiger partial charge in [0.15, 0.2) is 5.78 Å². The number of aryl methyl sites for hydroxylation is 1. The molecule has 3 aromatic rings. The van der Waals surface area contributed by atoms with Gasteiger partial charge in [-0.2, -0.15) is 4.99 Å². The second kappa shape index (κ2) is 7.13. The minimum absolute atomic E-state index is 0.0931. The van der Waals surface area contributed by atoms with Crippen LogP contribution in [-0.2, 0) is 6.54 Å². The van der Waals surface area contributed by atoms with Gasteiger partial charge in [-0.1, -0.05) is 35.9 Å². The number of amides is 1. The van der Waals surface area contributed by atoms with E-state index in [-0.39, 0.29) is 5.78 Å². The minimum atomic E-state index is -0.406. The summed E-state index contributed by atoms with van der Waals surface area (Å²) in [6.07, 6.45) is 3.41. The zero-order valence-electron chi connectivity index (χ0n) is 14.2. The molecular formula is C20H19N3O2. The summed E-state index contributed by atoms with van der Waals surface area (Å²) < 4.78 is 1.91. The molecule has 0 saturated carbocycles. The summed E-state index contributed by atoms with van der Waals surface area (Å²) in [6.45, 7) is 4.13. The van der Waals surface area contributed by atoms with E-state index in [0.29, 0.717) is 23.3 Å². The quantitative estimate of drug-likeness (QED) is 0.746. The van der Waals surface area contributed by atoms with Crippen LogP contribution in [0.4, 0.5) is 0 Å². The molecule has 0 aliphatic rings. The number of carbonyl (C=O) groups is 2. The van der Waals surface area contributed by atoms with Crippen molar-refractivity contribution in [1.29, 1.82) is 0 Å². The smallest absolute Gasteiger partial charge is 0.295 e. The Balaban J connectivity index is 1.91. The van der Waals surface area contributed by atoms with Crippen LogP contribution in [0.2, 0.25) is 0 Å². The zero-order chi connectivity index (χ0) is 17.8. The van der Waals surface area contributed by atoms with E-state index in [9.17, 15) is 9.59 Å². The molecule has 2 aromatic heterocycles. The molecule has 126 valence electrons. The highest BCUT2D eigenvalue weighted by Gasteiger charge is 2.10. The van der Waals surface area contributed by atoms with Gasteiger partial charge in [0.25, 0.3) is 5.91 Å². The van der Waals surface area contributed by atoms with Crippen molar-refractivity contribution in [3.63, 3.8) is 0 Å². The van der Waals surface area contributed by atoms with Crippen molar-refractivity contribution in [3.05, 3.63) is 88.8 Å². The Labute approximate surface area is 145 Å². The summed E-state index contributed by atoms with van der Waals surface area (Å²) in [6, 6.07) is 15.3. The van der Waals surface area contributed by atoms with Crippen LogP contribution in [-0.4, -0.2) is 21.2 Å². The Morgan fingerprint density at radius 2 is 1.88 bits per heavy atom. The lowest BCUT2D eigenvalue weighted by Gasteiger charge is -2.07. The van der Waals surface area contributed by atoms with E-state index in [0.717, 1.165) is 5.56 Å². The van der Waals surface area contributed by atoms with Gasteiger partial charge in [0.1, 0.15) is 11.2 Å². The van der Waals surface area contributed by atoms with E-state index in [4.69, 9.17) is 0 Å². The predicted octanol–water partition coefficient (Wildman–Crippen LogP) is 3.12. The van der Waals surface area contributed by atoms with Crippen molar-refractivity contribution >= 4 is 11.7 Å². The number of rotatable bonds is 4. The largest absolute Gasteiger partial charge is 0.356 e. The number of H-pyrrole nitrogens is 1. The molecule has 5 heteroatoms. The van der Waals surface area contributed by atoms with Crippen molar-refractivity contribution in [2.75, 3.05) is 0 Å². The summed E-state index contributed by atoms with van der Waals surface area (Å²) in [5.74, 6) is -0.499. The molecule has 0 aliphatic carbocycles. The number of ketones is 1. The zero-order valence-corrected chi connectivity index (χ0v) is 14.2. The van der Waals surface area contributed by atoms with Gasteiger partial charge in [-0.25, -0.2) is 0 Å². The van der Waals surface area contributed by atoms with Gasteiger partial charge in [-0.15, -0.1) is 0 Å². The number of aromatic nitrogens is 2. The minimum Gasteiger partial charge on any atom is -0.356 e. The average Bonchev–Trinajstić information content (AvgIpc) is 3.09. The van der Waals surface area contributed by atoms with Crippen LogP contribution in [0.3, 0.4) is 0 Å². The van der Waals surface area contributed by atoms with Crippen molar-refractivity contribution in [3.8, 4) is 0 Å². The van der Waals surface area contributed by atoms with Crippen LogP contribution in [0.15, 0.2) is 65.9 Å². The molecule has 0 spiro atoms. The van der Waals surface area contributed by atoms with Crippen molar-refractivity contribution in [2.24, 2.45) is 4.99 Å². The van der Waals surface area contributed by atoms with Crippen LogP contribution in [0, 0.1) is 6.92 Å². The third kappa shape index (κ3) is 4.01. The van der Waals surface area contributed by atoms with E-state index in [1.54, 1.807) is 6.07 Å². The second-order valence-electron chi connectivity index (χ2n) is 5.95. The number of Topliss-reactive ketones (excluding diaryl/α,β-unsaturated/α-hetero) is 1. The maximum atomic E-state index is 12.4. The van der Waals surface area contributed by atoms with Gasteiger partial charge in [-0.3, -0.25) is 9.59 Å². The molecule has 0 radical (unpaired) electrons. The molecule has 3 rings (SSSR count). The molecule has 25 heavy (non-hydrogen) atoms. The summed E-state index contributed by atoms with van der Waals surface area (Å²) in [5.41, 5.74) is 3.67. The lowest BCUT2D eigenvalue weighted by Crippen LogP contribution is -2.22. The highest BCUT2D eigenvalue weighted by Crippen LogP contribution is 2.06. The third-order valence-corrected chi connectivity index (χ3v) is 3.93. The van der Waals surface area contributed by atoms with Crippen LogP contribution >= 0.6 is 0 Å². The second-order valence-corrected chi connectivity index (χ2v) is 5.95. The molecule has 0 saturated heterocycles. The Bertz CT molecular complexity index is 978. The fourth-order valence-electron chi connectivity index (χ4n) is 2.48. The first kappa shape index (κ1) is 16.6. The van der Waals surface area contributed by atoms with Crippen LogP contribution in [0.5, 0.6) is 0 Å². The van der Waals surface area contributed by atoms with Gasteiger partial charge in [0, 0.05) is 24.5 Å². The fourth-order valence-corrected chi connectivity index (χ4v) is 2.48. The van der Waals surface area contributed by atoms with E-state index in [1.807, 2.05) is 29.8 Å². The van der Waals surface area contributed by atoms with E-state index in [1.165, 1.54) is 24.8 Å². The van der Waals surface area contributed by atoms with E-state index in [2.05, 4.69) is 34.2 Å². The number of hydrogen-bond donors (Lipinski definition) is 1. The van der Waals surface area contributed by atoms with Gasteiger partial charge in [0.2, 0.25) is 0 Å². The topological polar surface area (TPSA) is 67.2 Å². The SMILES string of the molecule is CC(=O)c1c[nH]c(C(=O)N=c2ccccn2Cc2ccc(C)cc2)c1. The molecule has 0 fully saturated rings. The molecule has 0 bridgehead atoms. The summed E-state index contributed by atoms with van der Waals surface area (Å²) >= 11 is 0. The molecule has 2 heterocycles. The lowest BCUT2D eigenvalue weighted by molar-refractivity contribution is 0.0992. The van der Waals surface area contributed by atoms with Crippen molar-refractivity contribution in [1.82, 2.24) is 9.55 Å². The number of nitrogens with zero attached hydrogens (tertiary/aromatic N) is 2. The van der Waals surface area contributed by atoms with Crippen LogP contribution < -0.4 is 5.49 Å². The number of pyridine rings is 1. The first-order chi connectivity index (χ1) is 12.0. The van der Waals surface area contributed by atoms with Crippen molar-refractivity contribution in [2.45, 2.75) is 20.4 Å². The van der Waals surface area contributed by atoms with Crippen molar-refractivity contribution < 1.29 is 9.59 Å². The molecule has 1 amide bonds. The maximum Gasteiger partial charge on any atom is 0.295 e. The average molecular weight is 333 g/mol. The molecule has 1 aromatic carbocycles. The van der Waals surface area contributed by atoms with E-state index >= 15 is 0 Å². The number of carbonyl (C=O) groups excluding carboxylic acids is 2. The number of benzene rings is 1. The molecule has 0 unspecified atom stereocenters. The number of hydrogen-bond acceptors (Lipinski definition) is 2. The Morgan fingerprint density at radius 1 is 1.12 bits per heavy atom. The molecule has 0 aliphatic heterocycles. The Kier molecular flexibility index (Phi) is 4.75. The highest BCUT2D eigenvalue weighted by molar-refractivity contribution is 5.99. The normalized spacial score (nSPS) is 11.5. The monoisotopic (exact) mass is 333 g/mol. The fraction of sp³-hybridized carbons (Fsp3) is 0.150. The van der Waals surface area contributed by atoms with Gasteiger partial charge >= 0.3 is 0 Å². The summed E-state index contributed by atoms with van der Waals surface area (Å²) in [7, 11) is 0. The third-order valence-electron chi connectivity index (χ3n) is 3.93. The van der Waals surface area contributed by atoms with Gasteiger partial charge < -0.3 is 9.55 Å². The van der Waals surface area contributed by atoms with Crippen LogP contribution in [0.1, 0.15) is 38.9 Å². The number of nitrogens with one attached hydrogen (secondary N) is 1. The van der Waals surface area contributed by atoms with E-state index < -0.39 is 5.91 Å². The predicted molar refractivity (Wildman–Crippen MR) is 95.4 cm³/mol. The van der Waals surface area contributed by atoms with Crippen LogP contribution in [0.25, 0.3) is 0 Å². The first-order valence-electron chi connectivity index (χ1n) is 8.02. The summed E-state index contributed by atoms with van der Waals surface area (Å²) in [5, 5.41) is 0. The molecule has 1 N–H and O–H groups in total. The number of aromatic amines is 1. The molecule has 5 nitrogen and oxygen atoms in total. The Hall–Kier alpha value is -3.21. The standard InChI is InChI=1S/C20H19N3O2/c1-14-6-8-16(9-7-14)13-23-10-4-3-5-19(23)22-20(25)18-11-17(12-21-18)15(2)24/h3-12,21H,13H2,1-2H3. The molecule has 0 atom stereocenters. The van der Waals surface area contributed by atoms with Gasteiger partial charge in [-0.05, 0) is 37.6 Å². The lowest BCUT2D eigenvalue weighted by atomic mass is 10.1.